The minimum absolute atomic E-state index is 0.315. The van der Waals surface area contributed by atoms with E-state index < -0.39 is 289 Å². The fourth-order valence-corrected chi connectivity index (χ4v) is 15.0. The van der Waals surface area contributed by atoms with Gasteiger partial charge in [0, 0.05) is 99.6 Å². The molecule has 0 saturated carbocycles. The van der Waals surface area contributed by atoms with Gasteiger partial charge in [0.25, 0.3) is 0 Å². The lowest BCUT2D eigenvalue weighted by molar-refractivity contribution is -0.389. The van der Waals surface area contributed by atoms with Crippen molar-refractivity contribution in [1.29, 1.82) is 0 Å². The highest BCUT2D eigenvalue weighted by molar-refractivity contribution is 5.69. The van der Waals surface area contributed by atoms with Crippen molar-refractivity contribution in [2.75, 3.05) is 52.4 Å². The molecule has 21 heterocycles. The Morgan fingerprint density at radius 1 is 0.277 bits per heavy atom. The molecule has 35 unspecified atom stereocenters. The van der Waals surface area contributed by atoms with Crippen LogP contribution in [0.3, 0.4) is 0 Å². The molecule has 616 valence electrons. The zero-order valence-corrected chi connectivity index (χ0v) is 63.6. The van der Waals surface area contributed by atoms with Gasteiger partial charge in [0.2, 0.25) is 0 Å². The van der Waals surface area contributed by atoms with Crippen LogP contribution < -0.4 is 0 Å². The molecule has 48 nitrogen and oxygen atoms in total. The number of esters is 6. The third-order valence-corrected chi connectivity index (χ3v) is 20.6. The van der Waals surface area contributed by atoms with Gasteiger partial charge in [-0.1, -0.05) is 90.3 Å². The molecule has 112 heavy (non-hydrogen) atoms. The molecule has 21 fully saturated rings. The highest BCUT2D eigenvalue weighted by atomic mass is 16.8. The normalized spacial score (nSPS) is 40.5. The van der Waals surface area contributed by atoms with Gasteiger partial charge in [-0.2, -0.15) is 0 Å². The fourth-order valence-electron chi connectivity index (χ4n) is 15.0. The molecule has 21 saturated heterocycles. The summed E-state index contributed by atoms with van der Waals surface area (Å²) in [5, 5.41) is 26.7. The lowest BCUT2D eigenvalue weighted by Crippen LogP contribution is -2.69. The Morgan fingerprint density at radius 2 is 0.473 bits per heavy atom. The van der Waals surface area contributed by atoms with Crippen LogP contribution in [0.1, 0.15) is 90.0 Å². The van der Waals surface area contributed by atoms with Crippen molar-refractivity contribution in [1.82, 2.24) is 0 Å². The zero-order valence-electron chi connectivity index (χ0n) is 63.6. The third kappa shape index (κ3) is 21.9. The van der Waals surface area contributed by atoms with Crippen molar-refractivity contribution in [2.24, 2.45) is 77.2 Å². The molecule has 0 aromatic rings. The van der Waals surface area contributed by atoms with E-state index in [2.05, 4.69) is 76.8 Å². The number of nitrogens with zero attached hydrogens (tertiary/aromatic N) is 21. The summed E-state index contributed by atoms with van der Waals surface area (Å²) < 4.78 is 137. The molecule has 35 atom stereocenters. The Balaban J connectivity index is 1.33. The number of ether oxygens (including phenoxy) is 21. The van der Waals surface area contributed by atoms with Crippen molar-refractivity contribution in [3.8, 4) is 0 Å². The van der Waals surface area contributed by atoms with Crippen LogP contribution in [0.15, 0.2) is 48.5 Å². The van der Waals surface area contributed by atoms with E-state index in [0.717, 1.165) is 41.5 Å². The first-order valence-electron chi connectivity index (χ1n) is 36.1. The van der Waals surface area contributed by atoms with Gasteiger partial charge in [-0.3, -0.25) is 28.8 Å². The van der Waals surface area contributed by atoms with Crippen LogP contribution in [0, 0.1) is 41.4 Å². The van der Waals surface area contributed by atoms with Crippen molar-refractivity contribution < 1.29 is 128 Å². The second-order valence-corrected chi connectivity index (χ2v) is 27.9. The number of rotatable bonds is 23. The van der Waals surface area contributed by atoms with Crippen molar-refractivity contribution in [2.45, 2.75) is 262 Å². The Bertz CT molecular complexity index is 3650. The Morgan fingerprint density at radius 3 is 0.741 bits per heavy atom. The highest BCUT2D eigenvalue weighted by Gasteiger charge is 2.62. The first-order chi connectivity index (χ1) is 53.6. The number of hydrogen-bond acceptors (Lipinski definition) is 34. The van der Waals surface area contributed by atoms with Gasteiger partial charge < -0.3 is 99.5 Å². The van der Waals surface area contributed by atoms with Crippen LogP contribution in [-0.4, -0.2) is 260 Å². The topological polar surface area (TPSA) is 638 Å². The van der Waals surface area contributed by atoms with E-state index >= 15 is 0 Å². The Labute approximate surface area is 639 Å². The maximum Gasteiger partial charge on any atom is 0.303 e. The molecule has 0 amide bonds. The van der Waals surface area contributed by atoms with E-state index in [1.165, 1.54) is 13.0 Å². The molecule has 21 aliphatic rings. The molecular formula is C64H93N21O27. The van der Waals surface area contributed by atoms with Gasteiger partial charge in [-0.25, -0.2) is 0 Å². The number of azide groups is 7. The van der Waals surface area contributed by atoms with Gasteiger partial charge in [-0.05, 0) is 56.5 Å². The summed E-state index contributed by atoms with van der Waals surface area (Å²) in [6, 6.07) is 0. The molecule has 0 N–H and O–H groups in total. The first-order valence-corrected chi connectivity index (χ1v) is 36.1. The average molecular weight is 1590 g/mol. The smallest absolute Gasteiger partial charge is 0.303 e. The van der Waals surface area contributed by atoms with Crippen LogP contribution in [0.25, 0.3) is 73.1 Å². The zero-order chi connectivity index (χ0) is 81.8. The summed E-state index contributed by atoms with van der Waals surface area (Å²) in [6.45, 7) is 17.8. The van der Waals surface area contributed by atoms with Crippen LogP contribution in [0.2, 0.25) is 0 Å². The van der Waals surface area contributed by atoms with Gasteiger partial charge in [0.15, 0.2) is 74.6 Å². The molecule has 0 radical (unpaired) electrons. The predicted octanol–water partition coefficient (Wildman–Crippen LogP) is 7.56. The van der Waals surface area contributed by atoms with Gasteiger partial charge in [0.1, 0.15) is 36.6 Å². The summed E-state index contributed by atoms with van der Waals surface area (Å²) in [5.41, 5.74) is 69.1. The van der Waals surface area contributed by atoms with E-state index in [9.17, 15) is 67.5 Å². The molecule has 0 spiro atoms. The van der Waals surface area contributed by atoms with Crippen molar-refractivity contribution >= 4 is 35.8 Å². The third-order valence-electron chi connectivity index (χ3n) is 20.6. The second-order valence-electron chi connectivity index (χ2n) is 27.9. The first kappa shape index (κ1) is 88.7. The Kier molecular flexibility index (Phi) is 33.1. The van der Waals surface area contributed by atoms with E-state index in [0.29, 0.717) is 0 Å². The number of carbonyl (C=O) groups is 6. The summed E-state index contributed by atoms with van der Waals surface area (Å²) in [5.74, 6) is -11.0. The van der Waals surface area contributed by atoms with Gasteiger partial charge in [0.05, 0.1) is 113 Å². The lowest BCUT2D eigenvalue weighted by atomic mass is 9.81. The molecule has 21 rings (SSSR count). The number of carbonyl (C=O) groups excluding carboxylic acids is 6. The van der Waals surface area contributed by atoms with Crippen LogP contribution in [-0.2, 0) is 128 Å². The van der Waals surface area contributed by atoms with E-state index in [1.807, 2.05) is 20.8 Å². The standard InChI is InChI=1S/C64H93N21O27/c1-15-16-92-55-52(94-32(10)87)49-41(21-76-83-69)103-62(55)111-51-43(23-78-85-71)104-63(56(97-35(13)90)54(51)96-34(12)89)108-46-26(4)28(6)59(100-39(46)19-74-81-67)106-44-24(2)27(5)58(99-37(44)17-72-79-65)107-45-25(3)29(7)60(101-38(45)18-73-80-66)109-48-40(20-75-82-68)102-61(30(8)47(48)93-31(9)86)110-50-42(22-77-84-70)105-64(112-49)57(98-36(14)91)53(50)95-33(11)88/h15,24-30,37-64H,1,16-23H2,2-14H3. The quantitative estimate of drug-likeness (QED) is 0.0238. The second kappa shape index (κ2) is 41.8. The summed E-state index contributed by atoms with van der Waals surface area (Å²) in [6.07, 6.45) is -42.7. The number of hydrogen-bond donors (Lipinski definition) is 0. The minimum atomic E-state index is -2.09. The molecule has 21 aliphatic heterocycles. The van der Waals surface area contributed by atoms with Gasteiger partial charge in [-0.15, -0.1) is 6.58 Å². The summed E-state index contributed by atoms with van der Waals surface area (Å²) >= 11 is 0. The summed E-state index contributed by atoms with van der Waals surface area (Å²) in [4.78, 5) is 102. The Hall–Kier alpha value is -8.87. The maximum absolute atomic E-state index is 13.7. The minimum Gasteiger partial charge on any atom is -0.459 e. The maximum atomic E-state index is 13.7. The van der Waals surface area contributed by atoms with Crippen molar-refractivity contribution in [3.63, 3.8) is 0 Å². The van der Waals surface area contributed by atoms with E-state index in [4.69, 9.17) is 99.5 Å². The van der Waals surface area contributed by atoms with Crippen LogP contribution in [0.5, 0.6) is 0 Å². The van der Waals surface area contributed by atoms with Crippen LogP contribution >= 0.6 is 0 Å². The average Bonchev–Trinajstić information content (AvgIpc) is 0.765. The monoisotopic (exact) mass is 1590 g/mol. The largest absolute Gasteiger partial charge is 0.459 e. The predicted molar refractivity (Wildman–Crippen MR) is 370 cm³/mol. The molecule has 0 aliphatic carbocycles. The molecule has 48 heteroatoms. The highest BCUT2D eigenvalue weighted by Crippen LogP contribution is 2.46. The molecule has 14 bridgehead atoms. The molecule has 0 aromatic carbocycles. The SMILES string of the molecule is C=CCOC1C2OC(CN=[N+]=[N-])C(OC3OC(CN=[N+]=[N-])C(OC4OC(CN=[N+]=[N-])C(OC5OC(CN=[N+]=[N-])C(OC6OC(CN=[N+]=[N-])C(OC7OC(CN=[N+]=[N-])C(OC8OC(CN=[N+]=[N-])C(O2)C(OC(C)=O)C8OC(C)=O)C(C)C7C)C(C)C6C)C(C)C5C)C(OC(C)=O)C4C)C(OC(C)=O)C3OC(C)=O)C1OC(C)=O. The van der Waals surface area contributed by atoms with E-state index in [-0.39, 0.29) is 13.1 Å². The lowest BCUT2D eigenvalue weighted by Gasteiger charge is -2.52. The van der Waals surface area contributed by atoms with E-state index in [1.54, 1.807) is 20.8 Å². The molecular weight excluding hydrogens is 1490 g/mol. The van der Waals surface area contributed by atoms with Gasteiger partial charge >= 0.3 is 35.8 Å². The van der Waals surface area contributed by atoms with Crippen molar-refractivity contribution in [3.05, 3.63) is 85.8 Å². The summed E-state index contributed by atoms with van der Waals surface area (Å²) in [7, 11) is 0. The van der Waals surface area contributed by atoms with Crippen LogP contribution in [0.4, 0.5) is 0 Å². The molecule has 0 aromatic heterocycles. The fraction of sp³-hybridized carbons (Fsp3) is 0.875.